The van der Waals surface area contributed by atoms with Crippen molar-refractivity contribution in [3.05, 3.63) is 24.2 Å². The Morgan fingerprint density at radius 2 is 1.95 bits per heavy atom. The summed E-state index contributed by atoms with van der Waals surface area (Å²) in [5, 5.41) is 3.07. The molecule has 1 aromatic heterocycles. The Bertz CT molecular complexity index is 402. The zero-order chi connectivity index (χ0) is 13.1. The first kappa shape index (κ1) is 12.7. The Morgan fingerprint density at radius 1 is 1.21 bits per heavy atom. The normalized spacial score (nSPS) is 22.7. The van der Waals surface area contributed by atoms with Crippen molar-refractivity contribution >= 4 is 5.91 Å². The third-order valence-corrected chi connectivity index (χ3v) is 4.45. The van der Waals surface area contributed by atoms with Gasteiger partial charge in [-0.1, -0.05) is 12.8 Å². The Balaban J connectivity index is 1.46. The Labute approximate surface area is 114 Å². The van der Waals surface area contributed by atoms with Gasteiger partial charge in [0.2, 0.25) is 0 Å². The van der Waals surface area contributed by atoms with Crippen molar-refractivity contribution in [2.45, 2.75) is 50.6 Å². The van der Waals surface area contributed by atoms with Crippen molar-refractivity contribution in [1.29, 1.82) is 0 Å². The lowest BCUT2D eigenvalue weighted by atomic mass is 10.0. The maximum Gasteiger partial charge on any atom is 0.287 e. The molecule has 0 radical (unpaired) electrons. The molecule has 1 N–H and O–H groups in total. The minimum atomic E-state index is -0.0793. The summed E-state index contributed by atoms with van der Waals surface area (Å²) in [6.07, 6.45) is 9.16. The van der Waals surface area contributed by atoms with Gasteiger partial charge in [0, 0.05) is 25.2 Å². The first-order valence-electron chi connectivity index (χ1n) is 7.41. The zero-order valence-electron chi connectivity index (χ0n) is 11.3. The molecule has 1 aromatic rings. The van der Waals surface area contributed by atoms with Gasteiger partial charge in [-0.25, -0.2) is 0 Å². The van der Waals surface area contributed by atoms with Gasteiger partial charge in [-0.15, -0.1) is 0 Å². The van der Waals surface area contributed by atoms with Crippen LogP contribution in [0.1, 0.15) is 49.1 Å². The van der Waals surface area contributed by atoms with Crippen LogP contribution < -0.4 is 5.32 Å². The lowest BCUT2D eigenvalue weighted by molar-refractivity contribution is 0.0865. The molecule has 104 valence electrons. The standard InChI is InChI=1S/C15H22N2O2/c18-15(14-6-3-11-19-14)16-12-7-9-17(10-8-12)13-4-1-2-5-13/h3,6,11-13H,1-2,4-5,7-10H2,(H,16,18). The van der Waals surface area contributed by atoms with Gasteiger partial charge in [-0.2, -0.15) is 0 Å². The van der Waals surface area contributed by atoms with E-state index in [4.69, 9.17) is 4.42 Å². The zero-order valence-corrected chi connectivity index (χ0v) is 11.3. The summed E-state index contributed by atoms with van der Waals surface area (Å²) >= 11 is 0. The predicted molar refractivity (Wildman–Crippen MR) is 73.0 cm³/mol. The average molecular weight is 262 g/mol. The van der Waals surface area contributed by atoms with Gasteiger partial charge in [-0.3, -0.25) is 4.79 Å². The number of rotatable bonds is 3. The number of furan rings is 1. The Kier molecular flexibility index (Phi) is 3.87. The maximum atomic E-state index is 11.9. The summed E-state index contributed by atoms with van der Waals surface area (Å²) < 4.78 is 5.12. The van der Waals surface area contributed by atoms with E-state index in [9.17, 15) is 4.79 Å². The number of carbonyl (C=O) groups excluding carboxylic acids is 1. The van der Waals surface area contributed by atoms with Gasteiger partial charge < -0.3 is 14.6 Å². The molecule has 1 amide bonds. The van der Waals surface area contributed by atoms with Gasteiger partial charge in [-0.05, 0) is 37.8 Å². The SMILES string of the molecule is O=C(NC1CCN(C2CCCC2)CC1)c1ccco1. The molecule has 19 heavy (non-hydrogen) atoms. The third kappa shape index (κ3) is 3.00. The van der Waals surface area contributed by atoms with Crippen LogP contribution in [-0.4, -0.2) is 36.0 Å². The fourth-order valence-corrected chi connectivity index (χ4v) is 3.34. The van der Waals surface area contributed by atoms with E-state index in [0.717, 1.165) is 32.0 Å². The number of likely N-dealkylation sites (tertiary alicyclic amines) is 1. The molecule has 2 aliphatic rings. The minimum Gasteiger partial charge on any atom is -0.459 e. The molecule has 2 fully saturated rings. The molecule has 1 saturated carbocycles. The van der Waals surface area contributed by atoms with E-state index in [2.05, 4.69) is 10.2 Å². The summed E-state index contributed by atoms with van der Waals surface area (Å²) in [6.45, 7) is 2.24. The molecule has 1 saturated heterocycles. The molecule has 1 aliphatic carbocycles. The second-order valence-corrected chi connectivity index (χ2v) is 5.70. The number of carbonyl (C=O) groups is 1. The highest BCUT2D eigenvalue weighted by atomic mass is 16.3. The summed E-state index contributed by atoms with van der Waals surface area (Å²) in [5.41, 5.74) is 0. The van der Waals surface area contributed by atoms with Crippen molar-refractivity contribution in [3.63, 3.8) is 0 Å². The molecule has 0 unspecified atom stereocenters. The summed E-state index contributed by atoms with van der Waals surface area (Å²) in [5.74, 6) is 0.336. The van der Waals surface area contributed by atoms with Gasteiger partial charge in [0.1, 0.15) is 0 Å². The number of hydrogen-bond donors (Lipinski definition) is 1. The monoisotopic (exact) mass is 262 g/mol. The van der Waals surface area contributed by atoms with Crippen LogP contribution in [0.4, 0.5) is 0 Å². The number of nitrogens with one attached hydrogen (secondary N) is 1. The van der Waals surface area contributed by atoms with Crippen LogP contribution >= 0.6 is 0 Å². The largest absolute Gasteiger partial charge is 0.459 e. The van der Waals surface area contributed by atoms with E-state index in [-0.39, 0.29) is 5.91 Å². The summed E-state index contributed by atoms with van der Waals surface area (Å²) in [6, 6.07) is 4.57. The average Bonchev–Trinajstić information content (AvgIpc) is 3.13. The number of amides is 1. The lowest BCUT2D eigenvalue weighted by Crippen LogP contribution is -2.47. The topological polar surface area (TPSA) is 45.5 Å². The van der Waals surface area contributed by atoms with E-state index in [1.165, 1.54) is 31.9 Å². The van der Waals surface area contributed by atoms with Crippen LogP contribution in [0.25, 0.3) is 0 Å². The van der Waals surface area contributed by atoms with Crippen molar-refractivity contribution in [3.8, 4) is 0 Å². The number of hydrogen-bond acceptors (Lipinski definition) is 3. The number of nitrogens with zero attached hydrogens (tertiary/aromatic N) is 1. The van der Waals surface area contributed by atoms with E-state index >= 15 is 0 Å². The second-order valence-electron chi connectivity index (χ2n) is 5.70. The molecule has 2 heterocycles. The minimum absolute atomic E-state index is 0.0793. The van der Waals surface area contributed by atoms with Gasteiger partial charge >= 0.3 is 0 Å². The highest BCUT2D eigenvalue weighted by Crippen LogP contribution is 2.26. The molecular formula is C15H22N2O2. The second kappa shape index (κ2) is 5.78. The van der Waals surface area contributed by atoms with Crippen LogP contribution in [0.5, 0.6) is 0 Å². The molecule has 3 rings (SSSR count). The first-order chi connectivity index (χ1) is 9.33. The van der Waals surface area contributed by atoms with Crippen molar-refractivity contribution < 1.29 is 9.21 Å². The van der Waals surface area contributed by atoms with E-state index in [1.807, 2.05) is 0 Å². The highest BCUT2D eigenvalue weighted by molar-refractivity contribution is 5.91. The Morgan fingerprint density at radius 3 is 2.58 bits per heavy atom. The quantitative estimate of drug-likeness (QED) is 0.910. The molecular weight excluding hydrogens is 240 g/mol. The summed E-state index contributed by atoms with van der Waals surface area (Å²) in [4.78, 5) is 14.5. The first-order valence-corrected chi connectivity index (χ1v) is 7.41. The van der Waals surface area contributed by atoms with E-state index in [0.29, 0.717) is 11.8 Å². The van der Waals surface area contributed by atoms with Gasteiger partial charge in [0.25, 0.3) is 5.91 Å². The lowest BCUT2D eigenvalue weighted by Gasteiger charge is -2.36. The molecule has 0 atom stereocenters. The summed E-state index contributed by atoms with van der Waals surface area (Å²) in [7, 11) is 0. The van der Waals surface area contributed by atoms with Crippen LogP contribution in [0.2, 0.25) is 0 Å². The van der Waals surface area contributed by atoms with Crippen LogP contribution in [0.3, 0.4) is 0 Å². The fraction of sp³-hybridized carbons (Fsp3) is 0.667. The molecule has 0 aromatic carbocycles. The van der Waals surface area contributed by atoms with Gasteiger partial charge in [0.05, 0.1) is 6.26 Å². The maximum absolute atomic E-state index is 11.9. The smallest absolute Gasteiger partial charge is 0.287 e. The van der Waals surface area contributed by atoms with Gasteiger partial charge in [0.15, 0.2) is 5.76 Å². The highest BCUT2D eigenvalue weighted by Gasteiger charge is 2.27. The Hall–Kier alpha value is -1.29. The number of piperidine rings is 1. The van der Waals surface area contributed by atoms with Crippen molar-refractivity contribution in [2.75, 3.05) is 13.1 Å². The molecule has 0 spiro atoms. The van der Waals surface area contributed by atoms with Crippen LogP contribution in [0, 0.1) is 0 Å². The van der Waals surface area contributed by atoms with Crippen molar-refractivity contribution in [2.24, 2.45) is 0 Å². The molecule has 1 aliphatic heterocycles. The van der Waals surface area contributed by atoms with Crippen LogP contribution in [-0.2, 0) is 0 Å². The van der Waals surface area contributed by atoms with Crippen molar-refractivity contribution in [1.82, 2.24) is 10.2 Å². The van der Waals surface area contributed by atoms with E-state index in [1.54, 1.807) is 12.1 Å². The predicted octanol–water partition coefficient (Wildman–Crippen LogP) is 2.42. The van der Waals surface area contributed by atoms with Crippen LogP contribution in [0.15, 0.2) is 22.8 Å². The fourth-order valence-electron chi connectivity index (χ4n) is 3.34. The molecule has 4 heteroatoms. The molecule has 4 nitrogen and oxygen atoms in total. The molecule has 0 bridgehead atoms. The third-order valence-electron chi connectivity index (χ3n) is 4.45. The van der Waals surface area contributed by atoms with E-state index < -0.39 is 0 Å².